The maximum absolute atomic E-state index is 11.2. The van der Waals surface area contributed by atoms with E-state index in [-0.39, 0.29) is 34.7 Å². The van der Waals surface area contributed by atoms with Crippen LogP contribution in [0, 0.1) is 17.8 Å². The molecular weight excluding hydrogens is 495 g/mol. The summed E-state index contributed by atoms with van der Waals surface area (Å²) < 4.78 is 0. The predicted molar refractivity (Wildman–Crippen MR) is 136 cm³/mol. The van der Waals surface area contributed by atoms with Gasteiger partial charge in [0.25, 0.3) is 0 Å². The maximum atomic E-state index is 11.2. The van der Waals surface area contributed by atoms with Crippen LogP contribution in [0.1, 0.15) is 119 Å². The van der Waals surface area contributed by atoms with Gasteiger partial charge in [-0.2, -0.15) is 0 Å². The van der Waals surface area contributed by atoms with Gasteiger partial charge in [-0.15, -0.1) is 0 Å². The van der Waals surface area contributed by atoms with Crippen molar-refractivity contribution in [1.82, 2.24) is 0 Å². The van der Waals surface area contributed by atoms with Crippen LogP contribution in [0.2, 0.25) is 0 Å². The average Bonchev–Trinajstić information content (AvgIpc) is 2.81. The summed E-state index contributed by atoms with van der Waals surface area (Å²) in [5.74, 6) is -6.97. The number of carboxylic acid groups (broad SMARTS) is 3. The Hall–Kier alpha value is -2.05. The van der Waals surface area contributed by atoms with Crippen molar-refractivity contribution < 1.29 is 44.1 Å². The molecule has 9 nitrogen and oxygen atoms in total. The van der Waals surface area contributed by atoms with Gasteiger partial charge in [0.1, 0.15) is 17.3 Å². The van der Waals surface area contributed by atoms with Gasteiger partial charge in [-0.25, -0.2) is 0 Å². The van der Waals surface area contributed by atoms with Gasteiger partial charge >= 0.3 is 17.4 Å². The number of carboxylic acids is 3. The second kappa shape index (κ2) is 27.0. The molecule has 0 aromatic rings. The molecule has 0 saturated heterocycles. The van der Waals surface area contributed by atoms with E-state index in [1.54, 1.807) is 20.8 Å². The van der Waals surface area contributed by atoms with E-state index in [1.165, 1.54) is 0 Å². The zero-order valence-electron chi connectivity index (χ0n) is 23.5. The van der Waals surface area contributed by atoms with Gasteiger partial charge < -0.3 is 29.7 Å². The van der Waals surface area contributed by atoms with E-state index in [0.717, 1.165) is 38.5 Å². The molecule has 3 atom stereocenters. The number of hydrogen-bond donors (Lipinski definition) is 0. The van der Waals surface area contributed by atoms with Crippen LogP contribution >= 0.6 is 0 Å². The molecule has 0 saturated carbocycles. The summed E-state index contributed by atoms with van der Waals surface area (Å²) in [6, 6.07) is 0. The molecule has 0 rings (SSSR count). The zero-order valence-corrected chi connectivity index (χ0v) is 24.6. The fourth-order valence-electron chi connectivity index (χ4n) is 3.15. The van der Waals surface area contributed by atoms with Crippen molar-refractivity contribution in [3.8, 4) is 0 Å². The van der Waals surface area contributed by atoms with Crippen LogP contribution in [-0.4, -0.2) is 52.6 Å². The number of aliphatic carboxylic acids is 3. The number of Topliss-reactive ketones (excluding diaryl/α,β-unsaturated/α-hetero) is 3. The van der Waals surface area contributed by atoms with Crippen molar-refractivity contribution in [3.05, 3.63) is 0 Å². The van der Waals surface area contributed by atoms with E-state index in [1.807, 2.05) is 20.8 Å². The molecule has 0 N–H and O–H groups in total. The third-order valence-corrected chi connectivity index (χ3v) is 5.57. The first-order valence-corrected chi connectivity index (χ1v) is 13.1. The molecule has 0 aliphatic rings. The van der Waals surface area contributed by atoms with Crippen molar-refractivity contribution in [2.45, 2.75) is 119 Å². The standard InChI is InChI=1S/3C9H16O3.Al/c3*1-3-5-6-8(10)7(4-2)9(11)12;/h3*7H,3-6H2,1-2H3,(H,11,12);/q;;;+3/p-3. The van der Waals surface area contributed by atoms with Crippen LogP contribution in [0.25, 0.3) is 0 Å². The summed E-state index contributed by atoms with van der Waals surface area (Å²) in [4.78, 5) is 64.7. The summed E-state index contributed by atoms with van der Waals surface area (Å²) in [5, 5.41) is 31.2. The molecule has 0 spiro atoms. The number of carbonyl (C=O) groups is 6. The Morgan fingerprint density at radius 1 is 0.459 bits per heavy atom. The third-order valence-electron chi connectivity index (χ3n) is 5.57. The van der Waals surface area contributed by atoms with E-state index >= 15 is 0 Å². The Morgan fingerprint density at radius 3 is 0.757 bits per heavy atom. The molecule has 210 valence electrons. The second-order valence-corrected chi connectivity index (χ2v) is 8.55. The Labute approximate surface area is 232 Å². The predicted octanol–water partition coefficient (Wildman–Crippen LogP) is 1.18. The first-order chi connectivity index (χ1) is 16.9. The fraction of sp³-hybridized carbons (Fsp3) is 0.778. The quantitative estimate of drug-likeness (QED) is 0.183. The van der Waals surface area contributed by atoms with E-state index < -0.39 is 35.7 Å². The van der Waals surface area contributed by atoms with E-state index in [2.05, 4.69) is 0 Å². The number of unbranched alkanes of at least 4 members (excludes halogenated alkanes) is 3. The van der Waals surface area contributed by atoms with Crippen LogP contribution in [0.3, 0.4) is 0 Å². The van der Waals surface area contributed by atoms with E-state index in [0.29, 0.717) is 38.5 Å². The minimum absolute atomic E-state index is 0. The largest absolute Gasteiger partial charge is 3.00 e. The zero-order chi connectivity index (χ0) is 28.7. The van der Waals surface area contributed by atoms with Crippen LogP contribution in [0.4, 0.5) is 0 Å². The number of ketones is 3. The van der Waals surface area contributed by atoms with Crippen molar-refractivity contribution in [2.75, 3.05) is 0 Å². The van der Waals surface area contributed by atoms with Crippen LogP contribution < -0.4 is 15.3 Å². The fourth-order valence-corrected chi connectivity index (χ4v) is 3.15. The van der Waals surface area contributed by atoms with Crippen molar-refractivity contribution in [2.24, 2.45) is 17.8 Å². The number of carbonyl (C=O) groups excluding carboxylic acids is 6. The minimum atomic E-state index is -1.24. The molecule has 0 amide bonds. The molecule has 0 aromatic carbocycles. The van der Waals surface area contributed by atoms with Gasteiger partial charge in [-0.1, -0.05) is 60.8 Å². The van der Waals surface area contributed by atoms with Gasteiger partial charge in [0, 0.05) is 19.3 Å². The molecule has 37 heavy (non-hydrogen) atoms. The van der Waals surface area contributed by atoms with E-state index in [9.17, 15) is 44.1 Å². The molecule has 0 bridgehead atoms. The minimum Gasteiger partial charge on any atom is -0.549 e. The Balaban J connectivity index is -0.000000218. The Kier molecular flexibility index (Phi) is 30.7. The Morgan fingerprint density at radius 2 is 0.649 bits per heavy atom. The first-order valence-electron chi connectivity index (χ1n) is 13.1. The summed E-state index contributed by atoms with van der Waals surface area (Å²) in [7, 11) is 0. The van der Waals surface area contributed by atoms with Gasteiger partial charge in [-0.05, 0) is 38.5 Å². The SMILES string of the molecule is CCCCC(=O)C(CC)C(=O)[O-].CCCCC(=O)C(CC)C(=O)[O-].CCCCC(=O)C(CC)C(=O)[O-].[Al+3]. The van der Waals surface area contributed by atoms with Crippen molar-refractivity contribution in [3.63, 3.8) is 0 Å². The molecule has 0 aliphatic carbocycles. The first kappa shape index (κ1) is 42.1. The van der Waals surface area contributed by atoms with Gasteiger partial charge in [0.05, 0.1) is 35.7 Å². The summed E-state index contributed by atoms with van der Waals surface area (Å²) in [5.41, 5.74) is 0. The molecule has 0 fully saturated rings. The summed E-state index contributed by atoms with van der Waals surface area (Å²) >= 11 is 0. The molecule has 10 heteroatoms. The van der Waals surface area contributed by atoms with Gasteiger partial charge in [-0.3, -0.25) is 14.4 Å². The molecular formula is C27H45AlO9. The molecule has 0 aliphatic heterocycles. The average molecular weight is 541 g/mol. The van der Waals surface area contributed by atoms with Crippen molar-refractivity contribution in [1.29, 1.82) is 0 Å². The molecule has 3 unspecified atom stereocenters. The number of hydrogen-bond acceptors (Lipinski definition) is 9. The van der Waals surface area contributed by atoms with Gasteiger partial charge in [0.2, 0.25) is 0 Å². The summed E-state index contributed by atoms with van der Waals surface area (Å²) in [6.07, 6.45) is 7.14. The van der Waals surface area contributed by atoms with E-state index in [4.69, 9.17) is 0 Å². The van der Waals surface area contributed by atoms with Crippen LogP contribution in [0.5, 0.6) is 0 Å². The molecule has 0 aromatic heterocycles. The summed E-state index contributed by atoms with van der Waals surface area (Å²) in [6.45, 7) is 11.0. The number of rotatable bonds is 18. The second-order valence-electron chi connectivity index (χ2n) is 8.55. The monoisotopic (exact) mass is 540 g/mol. The smallest absolute Gasteiger partial charge is 0.549 e. The van der Waals surface area contributed by atoms with Gasteiger partial charge in [0.15, 0.2) is 0 Å². The van der Waals surface area contributed by atoms with Crippen LogP contribution in [-0.2, 0) is 28.8 Å². The molecule has 0 heterocycles. The van der Waals surface area contributed by atoms with Crippen molar-refractivity contribution >= 4 is 52.6 Å². The topological polar surface area (TPSA) is 172 Å². The Bertz CT molecular complexity index is 586. The molecule has 0 radical (unpaired) electrons. The van der Waals surface area contributed by atoms with Crippen LogP contribution in [0.15, 0.2) is 0 Å². The normalized spacial score (nSPS) is 12.2. The third kappa shape index (κ3) is 21.7. The maximum Gasteiger partial charge on any atom is 3.00 e.